The van der Waals surface area contributed by atoms with Gasteiger partial charge in [-0.3, -0.25) is 9.59 Å². The van der Waals surface area contributed by atoms with Gasteiger partial charge in [-0.1, -0.05) is 56.3 Å². The van der Waals surface area contributed by atoms with Gasteiger partial charge in [0, 0.05) is 0 Å². The average molecular weight is 823 g/mol. The largest absolute Gasteiger partial charge is 0.494 e. The van der Waals surface area contributed by atoms with Crippen LogP contribution in [-0.2, 0) is 19.1 Å². The smallest absolute Gasteiger partial charge is 0.397 e. The summed E-state index contributed by atoms with van der Waals surface area (Å²) in [5.74, 6) is -47.9. The minimum Gasteiger partial charge on any atom is -0.494 e. The van der Waals surface area contributed by atoms with Gasteiger partial charge in [0.05, 0.1) is 31.7 Å². The van der Waals surface area contributed by atoms with Gasteiger partial charge >= 0.3 is 54.2 Å². The third kappa shape index (κ3) is 11.4. The molecule has 0 aliphatic rings. The third-order valence-electron chi connectivity index (χ3n) is 8.41. The summed E-state index contributed by atoms with van der Waals surface area (Å²) in [4.78, 5) is 24.5. The first-order chi connectivity index (χ1) is 25.2. The zero-order chi connectivity index (χ0) is 42.0. The molecule has 20 heteroatoms. The van der Waals surface area contributed by atoms with E-state index in [9.17, 15) is 75.4 Å². The van der Waals surface area contributed by atoms with Crippen molar-refractivity contribution >= 4 is 11.9 Å². The van der Waals surface area contributed by atoms with Crippen LogP contribution >= 0.6 is 0 Å². The van der Waals surface area contributed by atoms with Crippen LogP contribution in [0.5, 0.6) is 5.75 Å². The van der Waals surface area contributed by atoms with Gasteiger partial charge in [0.25, 0.3) is 0 Å². The molecule has 0 saturated heterocycles. The molecular formula is C35H37F15O5. The van der Waals surface area contributed by atoms with Crippen molar-refractivity contribution in [1.29, 1.82) is 0 Å². The van der Waals surface area contributed by atoms with E-state index in [0.717, 1.165) is 24.5 Å². The lowest BCUT2D eigenvalue weighted by Gasteiger charge is -2.41. The minimum absolute atomic E-state index is 0.0216. The molecule has 0 radical (unpaired) electrons. The molecule has 0 saturated carbocycles. The lowest BCUT2D eigenvalue weighted by molar-refractivity contribution is -0.427. The van der Waals surface area contributed by atoms with E-state index in [4.69, 9.17) is 9.47 Å². The van der Waals surface area contributed by atoms with E-state index in [-0.39, 0.29) is 6.61 Å². The maximum absolute atomic E-state index is 14.3. The minimum atomic E-state index is -8.16. The van der Waals surface area contributed by atoms with E-state index in [1.165, 1.54) is 6.92 Å². The maximum atomic E-state index is 14.3. The van der Waals surface area contributed by atoms with E-state index >= 15 is 0 Å². The quantitative estimate of drug-likeness (QED) is 0.0672. The lowest BCUT2D eigenvalue weighted by atomic mass is 9.85. The number of ether oxygens (including phenoxy) is 3. The monoisotopic (exact) mass is 822 g/mol. The fraction of sp³-hybridized carbons (Fsp3) is 0.600. The highest BCUT2D eigenvalue weighted by Gasteiger charge is 2.89. The second-order valence-electron chi connectivity index (χ2n) is 12.7. The van der Waals surface area contributed by atoms with E-state index in [1.807, 2.05) is 54.6 Å². The van der Waals surface area contributed by atoms with Gasteiger partial charge in [-0.2, -0.15) is 57.1 Å². The maximum Gasteiger partial charge on any atom is 0.397 e. The SMILES string of the molecule is CC(CC(C)C(=O)OCCC(C(F)(F)F)C(F)(F)C(F)(F)C(F)(F)C(F)(F)C(F)(F)C(F)F)C(=O)OCCCCCCOc1ccc(-c2ccccc2)cc1. The van der Waals surface area contributed by atoms with Crippen LogP contribution in [0.3, 0.4) is 0 Å². The Labute approximate surface area is 305 Å². The highest BCUT2D eigenvalue weighted by molar-refractivity contribution is 5.75. The Morgan fingerprint density at radius 3 is 1.51 bits per heavy atom. The molecule has 2 aromatic rings. The van der Waals surface area contributed by atoms with Gasteiger partial charge in [0.2, 0.25) is 0 Å². The average Bonchev–Trinajstić information content (AvgIpc) is 3.10. The van der Waals surface area contributed by atoms with Crippen LogP contribution in [0, 0.1) is 17.8 Å². The number of halogens is 15. The molecular weight excluding hydrogens is 785 g/mol. The van der Waals surface area contributed by atoms with E-state index in [2.05, 4.69) is 4.74 Å². The number of carbonyl (C=O) groups is 2. The second-order valence-corrected chi connectivity index (χ2v) is 12.7. The summed E-state index contributed by atoms with van der Waals surface area (Å²) in [5, 5.41) is 0. The van der Waals surface area contributed by atoms with Crippen molar-refractivity contribution in [3.8, 4) is 16.9 Å². The Morgan fingerprint density at radius 1 is 0.564 bits per heavy atom. The lowest BCUT2D eigenvalue weighted by Crippen LogP contribution is -2.70. The molecule has 2 aromatic carbocycles. The highest BCUT2D eigenvalue weighted by atomic mass is 19.4. The Balaban J connectivity index is 1.80. The second kappa shape index (κ2) is 18.8. The number of alkyl halides is 15. The Kier molecular flexibility index (Phi) is 16.2. The fourth-order valence-electron chi connectivity index (χ4n) is 5.10. The molecule has 0 fully saturated rings. The summed E-state index contributed by atoms with van der Waals surface area (Å²) in [5.41, 5.74) is 2.09. The molecule has 0 amide bonds. The van der Waals surface area contributed by atoms with Gasteiger partial charge in [-0.25, -0.2) is 8.78 Å². The predicted molar refractivity (Wildman–Crippen MR) is 166 cm³/mol. The molecule has 0 spiro atoms. The first-order valence-electron chi connectivity index (χ1n) is 16.6. The zero-order valence-electron chi connectivity index (χ0n) is 29.1. The highest BCUT2D eigenvalue weighted by Crippen LogP contribution is 2.61. The van der Waals surface area contributed by atoms with Gasteiger partial charge in [0.15, 0.2) is 0 Å². The van der Waals surface area contributed by atoms with Crippen molar-refractivity contribution in [1.82, 2.24) is 0 Å². The number of hydrogen-bond donors (Lipinski definition) is 0. The predicted octanol–water partition coefficient (Wildman–Crippen LogP) is 11.1. The van der Waals surface area contributed by atoms with Gasteiger partial charge in [0.1, 0.15) is 11.7 Å². The Bertz CT molecular complexity index is 1500. The van der Waals surface area contributed by atoms with E-state index < -0.39 is 91.4 Å². The van der Waals surface area contributed by atoms with Crippen LogP contribution in [0.4, 0.5) is 65.9 Å². The summed E-state index contributed by atoms with van der Waals surface area (Å²) in [7, 11) is 0. The summed E-state index contributed by atoms with van der Waals surface area (Å²) in [6.45, 7) is 0.888. The van der Waals surface area contributed by atoms with Crippen LogP contribution in [0.1, 0.15) is 52.4 Å². The molecule has 5 nitrogen and oxygen atoms in total. The molecule has 0 aliphatic carbocycles. The van der Waals surface area contributed by atoms with Gasteiger partial charge < -0.3 is 14.2 Å². The molecule has 0 aromatic heterocycles. The normalized spacial score (nSPS) is 15.0. The van der Waals surface area contributed by atoms with Crippen LogP contribution in [0.15, 0.2) is 54.6 Å². The topological polar surface area (TPSA) is 61.8 Å². The van der Waals surface area contributed by atoms with Crippen molar-refractivity contribution in [3.63, 3.8) is 0 Å². The van der Waals surface area contributed by atoms with Crippen LogP contribution in [0.2, 0.25) is 0 Å². The number of rotatable bonds is 22. The van der Waals surface area contributed by atoms with Crippen molar-refractivity contribution in [2.75, 3.05) is 19.8 Å². The first-order valence-corrected chi connectivity index (χ1v) is 16.6. The molecule has 0 bridgehead atoms. The summed E-state index contributed by atoms with van der Waals surface area (Å²) in [6.07, 6.45) is -12.8. The fourth-order valence-corrected chi connectivity index (χ4v) is 5.10. The molecule has 55 heavy (non-hydrogen) atoms. The van der Waals surface area contributed by atoms with Gasteiger partial charge in [-0.15, -0.1) is 0 Å². The number of unbranched alkanes of at least 4 members (excludes halogenated alkanes) is 3. The third-order valence-corrected chi connectivity index (χ3v) is 8.41. The summed E-state index contributed by atoms with van der Waals surface area (Å²) >= 11 is 0. The number of hydrogen-bond acceptors (Lipinski definition) is 5. The Morgan fingerprint density at radius 2 is 1.02 bits per heavy atom. The first kappa shape index (κ1) is 47.3. The van der Waals surface area contributed by atoms with Crippen LogP contribution in [0.25, 0.3) is 11.1 Å². The van der Waals surface area contributed by atoms with Crippen molar-refractivity contribution in [2.24, 2.45) is 17.8 Å². The van der Waals surface area contributed by atoms with E-state index in [1.54, 1.807) is 0 Å². The Hall–Kier alpha value is -3.87. The molecule has 312 valence electrons. The molecule has 3 atom stereocenters. The van der Waals surface area contributed by atoms with Crippen molar-refractivity contribution in [3.05, 3.63) is 54.6 Å². The van der Waals surface area contributed by atoms with Crippen molar-refractivity contribution < 1.29 is 89.7 Å². The molecule has 3 unspecified atom stereocenters. The van der Waals surface area contributed by atoms with E-state index in [0.29, 0.717) is 31.6 Å². The van der Waals surface area contributed by atoms with Crippen LogP contribution < -0.4 is 4.74 Å². The zero-order valence-corrected chi connectivity index (χ0v) is 29.1. The molecule has 2 rings (SSSR count). The number of esters is 2. The number of benzene rings is 2. The number of carbonyl (C=O) groups excluding carboxylic acids is 2. The molecule has 0 heterocycles. The molecule has 0 aliphatic heterocycles. The van der Waals surface area contributed by atoms with Crippen LogP contribution in [-0.4, -0.2) is 74.0 Å². The summed E-state index contributed by atoms with van der Waals surface area (Å²) < 4.78 is 217. The standard InChI is InChI=1S/C35H37F15O5/c1-21(27(51)54-18-9-4-3-8-17-53-25-14-12-24(13-15-25)23-10-6-5-7-11-23)20-22(2)28(52)55-19-16-26(32(42,43)44)30(38,39)33(45,46)35(49,50)34(47,48)31(40,41)29(36)37/h5-7,10-15,21-22,26,29H,3-4,8-9,16-20H2,1-2H3. The molecule has 0 N–H and O–H groups in total. The summed E-state index contributed by atoms with van der Waals surface area (Å²) in [6, 6.07) is 17.3. The van der Waals surface area contributed by atoms with Gasteiger partial charge in [-0.05, 0) is 61.8 Å². The van der Waals surface area contributed by atoms with Crippen molar-refractivity contribution in [2.45, 2.75) is 94.6 Å².